The first kappa shape index (κ1) is 18.5. The van der Waals surface area contributed by atoms with Crippen molar-refractivity contribution in [2.75, 3.05) is 19.5 Å². The lowest BCUT2D eigenvalue weighted by molar-refractivity contribution is 0.0606. The summed E-state index contributed by atoms with van der Waals surface area (Å²) < 4.78 is 10.2. The molecule has 0 saturated heterocycles. The maximum absolute atomic E-state index is 11.7. The van der Waals surface area contributed by atoms with E-state index in [1.165, 1.54) is 18.4 Å². The zero-order chi connectivity index (χ0) is 17.9. The Morgan fingerprint density at radius 2 is 1.96 bits per heavy atom. The number of carbonyl (C=O) groups is 1. The highest BCUT2D eigenvalue weighted by Crippen LogP contribution is 2.41. The molecule has 0 aliphatic heterocycles. The minimum atomic E-state index is -0.491. The highest BCUT2D eigenvalue weighted by atomic mass is 35.5. The molecule has 2 aromatic rings. The van der Waals surface area contributed by atoms with Gasteiger partial charge in [-0.25, -0.2) is 9.78 Å². The molecule has 0 bridgehead atoms. The van der Waals surface area contributed by atoms with E-state index in [-0.39, 0.29) is 21.5 Å². The van der Waals surface area contributed by atoms with E-state index in [1.54, 1.807) is 7.11 Å². The van der Waals surface area contributed by atoms with Gasteiger partial charge in [-0.3, -0.25) is 0 Å². The topological polar surface area (TPSA) is 60.5 Å². The lowest BCUT2D eigenvalue weighted by Gasteiger charge is -2.32. The molecule has 0 radical (unpaired) electrons. The summed E-state index contributed by atoms with van der Waals surface area (Å²) in [6.07, 6.45) is 0. The molecule has 1 N–H and O–H groups in total. The van der Waals surface area contributed by atoms with Crippen LogP contribution in [-0.4, -0.2) is 25.2 Å². The van der Waals surface area contributed by atoms with Crippen molar-refractivity contribution in [1.82, 2.24) is 4.98 Å². The molecule has 0 spiro atoms. The van der Waals surface area contributed by atoms with E-state index < -0.39 is 5.97 Å². The van der Waals surface area contributed by atoms with E-state index in [2.05, 4.69) is 31.1 Å². The van der Waals surface area contributed by atoms with Gasteiger partial charge in [0, 0.05) is 5.56 Å². The molecule has 7 heteroatoms. The zero-order valence-corrected chi connectivity index (χ0v) is 15.9. The number of thiazole rings is 1. The van der Waals surface area contributed by atoms with Gasteiger partial charge in [0.1, 0.15) is 5.75 Å². The first-order chi connectivity index (χ1) is 11.3. The number of methoxy groups -OCH3 is 2. The number of nitrogens with zero attached hydrogens (tertiary/aromatic N) is 1. The van der Waals surface area contributed by atoms with Gasteiger partial charge in [0.2, 0.25) is 0 Å². The third kappa shape index (κ3) is 3.99. The number of nitrogens with one attached hydrogen (secondary N) is 1. The highest BCUT2D eigenvalue weighted by Gasteiger charge is 2.30. The van der Waals surface area contributed by atoms with E-state index >= 15 is 0 Å². The Morgan fingerprint density at radius 1 is 1.29 bits per heavy atom. The molecule has 1 unspecified atom stereocenters. The second kappa shape index (κ2) is 7.40. The van der Waals surface area contributed by atoms with Crippen LogP contribution in [0.25, 0.3) is 0 Å². The molecular formula is C17H21ClN2O3S. The Labute approximate surface area is 151 Å². The number of benzene rings is 1. The average Bonchev–Trinajstić information content (AvgIpc) is 2.91. The number of hydrogen-bond acceptors (Lipinski definition) is 6. The molecule has 0 saturated carbocycles. The Hall–Kier alpha value is -1.79. The number of para-hydroxylation sites is 1. The van der Waals surface area contributed by atoms with Gasteiger partial charge < -0.3 is 14.8 Å². The second-order valence-electron chi connectivity index (χ2n) is 6.32. The molecule has 1 atom stereocenters. The van der Waals surface area contributed by atoms with E-state index in [0.29, 0.717) is 5.13 Å². The number of ether oxygens (including phenoxy) is 2. The largest absolute Gasteiger partial charge is 0.496 e. The molecule has 0 fully saturated rings. The summed E-state index contributed by atoms with van der Waals surface area (Å²) in [5, 5.41) is 4.09. The van der Waals surface area contributed by atoms with E-state index in [1.807, 2.05) is 24.3 Å². The molecule has 0 aliphatic carbocycles. The van der Waals surface area contributed by atoms with Gasteiger partial charge in [-0.15, -0.1) is 0 Å². The van der Waals surface area contributed by atoms with E-state index in [9.17, 15) is 4.79 Å². The van der Waals surface area contributed by atoms with Crippen LogP contribution in [0.2, 0.25) is 5.15 Å². The number of esters is 1. The van der Waals surface area contributed by atoms with Gasteiger partial charge in [0.05, 0.1) is 20.3 Å². The van der Waals surface area contributed by atoms with Gasteiger partial charge in [-0.05, 0) is 11.5 Å². The Morgan fingerprint density at radius 3 is 2.54 bits per heavy atom. The third-order valence-electron chi connectivity index (χ3n) is 3.54. The van der Waals surface area contributed by atoms with Crippen molar-refractivity contribution in [2.45, 2.75) is 26.8 Å². The maximum atomic E-state index is 11.7. The smallest absolute Gasteiger partial charge is 0.351 e. The van der Waals surface area contributed by atoms with Crippen LogP contribution >= 0.6 is 22.9 Å². The van der Waals surface area contributed by atoms with Crippen LogP contribution in [0, 0.1) is 5.41 Å². The Bertz CT molecular complexity index is 725. The van der Waals surface area contributed by atoms with Crippen LogP contribution < -0.4 is 10.1 Å². The number of anilines is 1. The van der Waals surface area contributed by atoms with Crippen molar-refractivity contribution in [1.29, 1.82) is 0 Å². The van der Waals surface area contributed by atoms with Crippen molar-refractivity contribution in [3.05, 3.63) is 39.9 Å². The minimum absolute atomic E-state index is 0.0821. The molecule has 5 nitrogen and oxygen atoms in total. The first-order valence-electron chi connectivity index (χ1n) is 7.42. The standard InChI is InChI=1S/C17H21ClN2O3S/c1-17(2,3)13(10-8-6-7-9-11(10)22-4)19-16-20-14(18)12(24-16)15(21)23-5/h6-9,13H,1-5H3,(H,19,20). The van der Waals surface area contributed by atoms with E-state index in [4.69, 9.17) is 21.1 Å². The lowest BCUT2D eigenvalue weighted by Crippen LogP contribution is -2.26. The molecule has 1 aromatic carbocycles. The summed E-state index contributed by atoms with van der Waals surface area (Å²) in [4.78, 5) is 16.2. The van der Waals surface area contributed by atoms with Gasteiger partial charge in [0.25, 0.3) is 0 Å². The number of rotatable bonds is 5. The second-order valence-corrected chi connectivity index (χ2v) is 7.67. The highest BCUT2D eigenvalue weighted by molar-refractivity contribution is 7.18. The van der Waals surface area contributed by atoms with Crippen LogP contribution in [-0.2, 0) is 4.74 Å². The fourth-order valence-corrected chi connectivity index (χ4v) is 3.50. The molecule has 0 aliphatic rings. The fourth-order valence-electron chi connectivity index (χ4n) is 2.37. The molecule has 1 aromatic heterocycles. The van der Waals surface area contributed by atoms with Crippen molar-refractivity contribution in [3.63, 3.8) is 0 Å². The summed E-state index contributed by atoms with van der Waals surface area (Å²) in [6, 6.07) is 7.74. The van der Waals surface area contributed by atoms with Crippen LogP contribution in [0.1, 0.15) is 42.0 Å². The summed E-state index contributed by atoms with van der Waals surface area (Å²) in [5.41, 5.74) is 0.886. The summed E-state index contributed by atoms with van der Waals surface area (Å²) >= 11 is 7.23. The fraction of sp³-hybridized carbons (Fsp3) is 0.412. The summed E-state index contributed by atoms with van der Waals surface area (Å²) in [7, 11) is 2.96. The summed E-state index contributed by atoms with van der Waals surface area (Å²) in [5.74, 6) is 0.302. The van der Waals surface area contributed by atoms with Gasteiger partial charge >= 0.3 is 5.97 Å². The van der Waals surface area contributed by atoms with Gasteiger partial charge in [-0.2, -0.15) is 0 Å². The average molecular weight is 369 g/mol. The maximum Gasteiger partial charge on any atom is 0.351 e. The number of carbonyl (C=O) groups excluding carboxylic acids is 1. The molecule has 130 valence electrons. The Balaban J connectivity index is 2.40. The molecule has 1 heterocycles. The predicted octanol–water partition coefficient (Wildman–Crippen LogP) is 4.79. The molecule has 2 rings (SSSR count). The van der Waals surface area contributed by atoms with Crippen molar-refractivity contribution < 1.29 is 14.3 Å². The zero-order valence-electron chi connectivity index (χ0n) is 14.3. The van der Waals surface area contributed by atoms with Crippen molar-refractivity contribution >= 4 is 34.0 Å². The van der Waals surface area contributed by atoms with Crippen LogP contribution in [0.4, 0.5) is 5.13 Å². The molecule has 24 heavy (non-hydrogen) atoms. The molecular weight excluding hydrogens is 348 g/mol. The van der Waals surface area contributed by atoms with Crippen LogP contribution in [0.5, 0.6) is 5.75 Å². The third-order valence-corrected chi connectivity index (χ3v) is 4.89. The van der Waals surface area contributed by atoms with E-state index in [0.717, 1.165) is 11.3 Å². The van der Waals surface area contributed by atoms with Gasteiger partial charge in [-0.1, -0.05) is 61.9 Å². The number of halogens is 1. The number of aromatic nitrogens is 1. The van der Waals surface area contributed by atoms with Crippen molar-refractivity contribution in [3.8, 4) is 5.75 Å². The van der Waals surface area contributed by atoms with Crippen LogP contribution in [0.3, 0.4) is 0 Å². The molecule has 0 amide bonds. The Kier molecular flexibility index (Phi) is 5.72. The quantitative estimate of drug-likeness (QED) is 0.769. The minimum Gasteiger partial charge on any atom is -0.496 e. The van der Waals surface area contributed by atoms with Crippen molar-refractivity contribution in [2.24, 2.45) is 5.41 Å². The number of hydrogen-bond donors (Lipinski definition) is 1. The normalized spacial score (nSPS) is 12.6. The SMILES string of the molecule is COC(=O)c1sc(NC(c2ccccc2OC)C(C)(C)C)nc1Cl. The van der Waals surface area contributed by atoms with Crippen LogP contribution in [0.15, 0.2) is 24.3 Å². The first-order valence-corrected chi connectivity index (χ1v) is 8.61. The monoisotopic (exact) mass is 368 g/mol. The lowest BCUT2D eigenvalue weighted by atomic mass is 9.82. The summed E-state index contributed by atoms with van der Waals surface area (Å²) in [6.45, 7) is 6.36. The predicted molar refractivity (Wildman–Crippen MR) is 97.3 cm³/mol. The van der Waals surface area contributed by atoms with Gasteiger partial charge in [0.15, 0.2) is 15.2 Å².